The summed E-state index contributed by atoms with van der Waals surface area (Å²) in [5.74, 6) is 0.965. The predicted octanol–water partition coefficient (Wildman–Crippen LogP) is 3.84. The van der Waals surface area contributed by atoms with Crippen molar-refractivity contribution in [2.24, 2.45) is 0 Å². The van der Waals surface area contributed by atoms with Crippen molar-refractivity contribution in [1.29, 1.82) is 0 Å². The summed E-state index contributed by atoms with van der Waals surface area (Å²) in [5, 5.41) is 13.8. The van der Waals surface area contributed by atoms with Crippen LogP contribution in [0.2, 0.25) is 0 Å². The summed E-state index contributed by atoms with van der Waals surface area (Å²) >= 11 is 0. The largest absolute Gasteiger partial charge is 0.382 e. The Kier molecular flexibility index (Phi) is 4.61. The van der Waals surface area contributed by atoms with Crippen LogP contribution in [-0.4, -0.2) is 37.5 Å². The Labute approximate surface area is 185 Å². The third-order valence-electron chi connectivity index (χ3n) is 6.50. The maximum absolute atomic E-state index is 6.36. The van der Waals surface area contributed by atoms with E-state index in [4.69, 9.17) is 5.73 Å². The molecule has 0 saturated carbocycles. The minimum absolute atomic E-state index is 0.458. The molecule has 1 saturated heterocycles. The van der Waals surface area contributed by atoms with Crippen molar-refractivity contribution in [2.45, 2.75) is 25.3 Å². The van der Waals surface area contributed by atoms with Crippen molar-refractivity contribution in [1.82, 2.24) is 29.7 Å². The van der Waals surface area contributed by atoms with E-state index in [-0.39, 0.29) is 0 Å². The minimum atomic E-state index is 0.458. The monoisotopic (exact) mass is 423 g/mol. The van der Waals surface area contributed by atoms with Gasteiger partial charge in [-0.1, -0.05) is 42.5 Å². The van der Waals surface area contributed by atoms with Crippen LogP contribution in [0.15, 0.2) is 67.1 Å². The Balaban J connectivity index is 1.48. The van der Waals surface area contributed by atoms with Crippen molar-refractivity contribution in [3.63, 3.8) is 0 Å². The zero-order chi connectivity index (χ0) is 21.5. The Morgan fingerprint density at radius 1 is 1.00 bits per heavy atom. The molecule has 2 aromatic carbocycles. The van der Waals surface area contributed by atoms with Gasteiger partial charge in [0.15, 0.2) is 5.82 Å². The van der Waals surface area contributed by atoms with Crippen LogP contribution in [0.1, 0.15) is 30.0 Å². The van der Waals surface area contributed by atoms with E-state index in [0.717, 1.165) is 60.0 Å². The first-order valence-corrected chi connectivity index (χ1v) is 11.1. The lowest BCUT2D eigenvalue weighted by Crippen LogP contribution is -2.27. The second-order valence-electron chi connectivity index (χ2n) is 8.47. The van der Waals surface area contributed by atoms with Crippen molar-refractivity contribution >= 4 is 22.2 Å². The first-order valence-electron chi connectivity index (χ1n) is 11.1. The van der Waals surface area contributed by atoms with E-state index in [2.05, 4.69) is 73.7 Å². The van der Waals surface area contributed by atoms with Crippen molar-refractivity contribution in [3.05, 3.63) is 78.4 Å². The number of piperidine rings is 1. The Hall–Kier alpha value is -3.71. The van der Waals surface area contributed by atoms with Gasteiger partial charge in [0.2, 0.25) is 0 Å². The molecule has 32 heavy (non-hydrogen) atoms. The molecule has 3 N–H and O–H groups in total. The van der Waals surface area contributed by atoms with Gasteiger partial charge in [0, 0.05) is 22.6 Å². The molecule has 0 bridgehead atoms. The van der Waals surface area contributed by atoms with Gasteiger partial charge in [-0.25, -0.2) is 9.50 Å². The van der Waals surface area contributed by atoms with Crippen LogP contribution >= 0.6 is 0 Å². The Morgan fingerprint density at radius 3 is 2.69 bits per heavy atom. The van der Waals surface area contributed by atoms with Crippen LogP contribution in [0.3, 0.4) is 0 Å². The van der Waals surface area contributed by atoms with Gasteiger partial charge >= 0.3 is 0 Å². The minimum Gasteiger partial charge on any atom is -0.382 e. The summed E-state index contributed by atoms with van der Waals surface area (Å²) < 4.78 is 4.05. The first kappa shape index (κ1) is 19.0. The van der Waals surface area contributed by atoms with Crippen LogP contribution in [-0.2, 0) is 6.54 Å². The molecule has 0 radical (unpaired) electrons. The molecule has 3 aromatic heterocycles. The van der Waals surface area contributed by atoms with Crippen LogP contribution in [0, 0.1) is 0 Å². The molecule has 1 aliphatic heterocycles. The Bertz CT molecular complexity index is 1390. The number of hydrogen-bond acceptors (Lipinski definition) is 5. The number of anilines is 1. The Morgan fingerprint density at radius 2 is 1.84 bits per heavy atom. The average molecular weight is 424 g/mol. The number of aromatic nitrogens is 5. The average Bonchev–Trinajstić information content (AvgIpc) is 3.43. The molecule has 0 unspecified atom stereocenters. The highest BCUT2D eigenvalue weighted by Gasteiger charge is 2.23. The maximum atomic E-state index is 6.36. The fourth-order valence-corrected chi connectivity index (χ4v) is 4.84. The number of hydrogen-bond donors (Lipinski definition) is 2. The van der Waals surface area contributed by atoms with Crippen LogP contribution < -0.4 is 11.1 Å². The highest BCUT2D eigenvalue weighted by molar-refractivity contribution is 5.92. The van der Waals surface area contributed by atoms with E-state index in [1.54, 1.807) is 6.33 Å². The van der Waals surface area contributed by atoms with Crippen molar-refractivity contribution in [2.75, 3.05) is 18.8 Å². The number of nitrogens with two attached hydrogens (primary N) is 1. The van der Waals surface area contributed by atoms with Crippen LogP contribution in [0.4, 0.5) is 5.82 Å². The molecular weight excluding hydrogens is 398 g/mol. The van der Waals surface area contributed by atoms with E-state index in [9.17, 15) is 0 Å². The molecule has 0 amide bonds. The van der Waals surface area contributed by atoms with Gasteiger partial charge in [-0.2, -0.15) is 10.2 Å². The van der Waals surface area contributed by atoms with Crippen molar-refractivity contribution in [3.8, 4) is 11.1 Å². The number of fused-ring (bicyclic) bond motifs is 2. The summed E-state index contributed by atoms with van der Waals surface area (Å²) in [6.07, 6.45) is 5.67. The zero-order valence-electron chi connectivity index (χ0n) is 17.8. The normalized spacial score (nSPS) is 15.0. The molecule has 5 aromatic rings. The number of nitrogens with zero attached hydrogens (tertiary/aromatic N) is 5. The van der Waals surface area contributed by atoms with E-state index in [1.807, 2.05) is 16.8 Å². The first-order chi connectivity index (χ1) is 15.8. The fraction of sp³-hybridized carbons (Fsp3) is 0.240. The molecule has 7 heteroatoms. The van der Waals surface area contributed by atoms with Gasteiger partial charge in [0.25, 0.3) is 0 Å². The van der Waals surface area contributed by atoms with Crippen LogP contribution in [0.5, 0.6) is 0 Å². The highest BCUT2D eigenvalue weighted by Crippen LogP contribution is 2.36. The molecule has 7 nitrogen and oxygen atoms in total. The molecule has 1 fully saturated rings. The lowest BCUT2D eigenvalue weighted by atomic mass is 9.94. The maximum Gasteiger partial charge on any atom is 0.151 e. The number of nitrogen functional groups attached to an aromatic ring is 1. The lowest BCUT2D eigenvalue weighted by molar-refractivity contribution is 0.448. The number of nitrogens with one attached hydrogen (secondary N) is 1. The van der Waals surface area contributed by atoms with Gasteiger partial charge < -0.3 is 11.1 Å². The molecule has 160 valence electrons. The van der Waals surface area contributed by atoms with Gasteiger partial charge in [0.1, 0.15) is 11.8 Å². The van der Waals surface area contributed by atoms with E-state index >= 15 is 0 Å². The number of rotatable bonds is 4. The van der Waals surface area contributed by atoms with Crippen LogP contribution in [0.25, 0.3) is 27.5 Å². The molecule has 4 heterocycles. The lowest BCUT2D eigenvalue weighted by Gasteiger charge is -2.22. The molecule has 0 atom stereocenters. The summed E-state index contributed by atoms with van der Waals surface area (Å²) in [5.41, 5.74) is 13.0. The van der Waals surface area contributed by atoms with E-state index in [1.165, 1.54) is 11.3 Å². The topological polar surface area (TPSA) is 86.1 Å². The standard InChI is InChI=1S/C25H25N7/c26-25-24-21(13-23(32(24)30-16-28-25)18-8-10-27-11-9-18)19-6-7-20-14-29-31(22(20)12-19)15-17-4-2-1-3-5-17/h1-7,12-14,16,18,27H,8-11,15H2,(H2,26,28,30). The van der Waals surface area contributed by atoms with Gasteiger partial charge in [-0.3, -0.25) is 4.68 Å². The second-order valence-corrected chi connectivity index (χ2v) is 8.47. The molecule has 1 aliphatic rings. The van der Waals surface area contributed by atoms with E-state index in [0.29, 0.717) is 11.7 Å². The quantitative estimate of drug-likeness (QED) is 0.459. The number of benzene rings is 2. The fourth-order valence-electron chi connectivity index (χ4n) is 4.84. The van der Waals surface area contributed by atoms with Gasteiger partial charge in [0.05, 0.1) is 18.3 Å². The van der Waals surface area contributed by atoms with Gasteiger partial charge in [-0.05, 0) is 49.2 Å². The molecule has 0 aliphatic carbocycles. The molecule has 0 spiro atoms. The van der Waals surface area contributed by atoms with E-state index < -0.39 is 0 Å². The third-order valence-corrected chi connectivity index (χ3v) is 6.50. The predicted molar refractivity (Wildman–Crippen MR) is 127 cm³/mol. The molecule has 6 rings (SSSR count). The third kappa shape index (κ3) is 3.22. The zero-order valence-corrected chi connectivity index (χ0v) is 17.8. The summed E-state index contributed by atoms with van der Waals surface area (Å²) in [6.45, 7) is 2.78. The highest BCUT2D eigenvalue weighted by atomic mass is 15.3. The summed E-state index contributed by atoms with van der Waals surface area (Å²) in [7, 11) is 0. The van der Waals surface area contributed by atoms with Gasteiger partial charge in [-0.15, -0.1) is 0 Å². The smallest absolute Gasteiger partial charge is 0.151 e. The summed E-state index contributed by atoms with van der Waals surface area (Å²) in [4.78, 5) is 4.29. The SMILES string of the molecule is Nc1ncnn2c(C3CCNCC3)cc(-c3ccc4cnn(Cc5ccccc5)c4c3)c12. The molecular formula is C25H25N7. The second kappa shape index (κ2) is 7.76. The van der Waals surface area contributed by atoms with Crippen molar-refractivity contribution < 1.29 is 0 Å². The summed E-state index contributed by atoms with van der Waals surface area (Å²) in [6, 6.07) is 19.2.